The summed E-state index contributed by atoms with van der Waals surface area (Å²) in [6.07, 6.45) is 9.19. The molecule has 1 spiro atoms. The molecule has 2 aliphatic heterocycles. The summed E-state index contributed by atoms with van der Waals surface area (Å²) in [4.78, 5) is 15.3. The maximum absolute atomic E-state index is 14.0. The highest BCUT2D eigenvalue weighted by Gasteiger charge is 2.68. The second kappa shape index (κ2) is 8.59. The number of likely N-dealkylation sites (N-methyl/N-ethyl adjacent to an activating group) is 1. The first-order chi connectivity index (χ1) is 18.9. The molecular formula is C30H28N2O6S. The molecule has 4 atom stereocenters. The van der Waals surface area contributed by atoms with Gasteiger partial charge in [0, 0.05) is 30.8 Å². The van der Waals surface area contributed by atoms with Crippen molar-refractivity contribution < 1.29 is 27.1 Å². The molecule has 1 saturated heterocycles. The smallest absolute Gasteiger partial charge is 0.246 e. The Bertz CT molecular complexity index is 1630. The van der Waals surface area contributed by atoms with Crippen molar-refractivity contribution in [2.24, 2.45) is 0 Å². The molecule has 2 aliphatic carbocycles. The van der Waals surface area contributed by atoms with E-state index in [0.29, 0.717) is 24.3 Å². The van der Waals surface area contributed by atoms with Crippen LogP contribution < -0.4 is 9.47 Å². The lowest BCUT2D eigenvalue weighted by molar-refractivity contribution is -0.129. The first-order valence-corrected chi connectivity index (χ1v) is 14.4. The maximum atomic E-state index is 14.0. The number of rotatable bonds is 6. The molecule has 3 heterocycles. The van der Waals surface area contributed by atoms with E-state index in [4.69, 9.17) is 13.9 Å². The van der Waals surface area contributed by atoms with E-state index in [2.05, 4.69) is 6.08 Å². The molecule has 7 rings (SSSR count). The van der Waals surface area contributed by atoms with Crippen LogP contribution in [-0.4, -0.2) is 62.4 Å². The Kier molecular flexibility index (Phi) is 5.34. The molecule has 3 aromatic rings. The van der Waals surface area contributed by atoms with Gasteiger partial charge in [0.1, 0.15) is 6.10 Å². The van der Waals surface area contributed by atoms with Crippen LogP contribution in [0.3, 0.4) is 0 Å². The summed E-state index contributed by atoms with van der Waals surface area (Å²) in [6.45, 7) is 0.252. The molecule has 0 radical (unpaired) electrons. The fraction of sp³-hybridized carbons (Fsp3) is 0.300. The van der Waals surface area contributed by atoms with Gasteiger partial charge in [-0.05, 0) is 54.3 Å². The van der Waals surface area contributed by atoms with Crippen LogP contribution in [0.15, 0.2) is 88.1 Å². The van der Waals surface area contributed by atoms with Crippen LogP contribution in [0.5, 0.6) is 11.5 Å². The number of amides is 1. The zero-order valence-electron chi connectivity index (χ0n) is 21.6. The fourth-order valence-corrected chi connectivity index (χ4v) is 8.63. The number of sulfonamides is 1. The highest BCUT2D eigenvalue weighted by atomic mass is 32.2. The maximum Gasteiger partial charge on any atom is 0.246 e. The largest absolute Gasteiger partial charge is 0.493 e. The monoisotopic (exact) mass is 544 g/mol. The Morgan fingerprint density at radius 3 is 2.74 bits per heavy atom. The van der Waals surface area contributed by atoms with Crippen molar-refractivity contribution in [3.05, 3.63) is 95.5 Å². The Balaban J connectivity index is 1.33. The normalized spacial score (nSPS) is 26.7. The van der Waals surface area contributed by atoms with Gasteiger partial charge in [0.25, 0.3) is 0 Å². The SMILES string of the molecule is COc1ccc2c3c1O[C@H]1[C@H](N(C)C(=O)/C=C/c4ccoc4)CC=C4[C@H](C2)N(S(=O)(=O)c2ccccc2)C[C@@]431. The molecule has 9 heteroatoms. The molecule has 2 aromatic carbocycles. The number of ether oxygens (including phenoxy) is 2. The molecule has 1 aromatic heterocycles. The van der Waals surface area contributed by atoms with Crippen molar-refractivity contribution in [2.45, 2.75) is 41.3 Å². The number of furan rings is 1. The molecule has 8 nitrogen and oxygen atoms in total. The molecule has 1 amide bonds. The van der Waals surface area contributed by atoms with Gasteiger partial charge in [-0.3, -0.25) is 4.79 Å². The summed E-state index contributed by atoms with van der Waals surface area (Å²) in [5.41, 5.74) is 3.23. The minimum absolute atomic E-state index is 0.166. The van der Waals surface area contributed by atoms with E-state index in [1.807, 2.05) is 18.2 Å². The lowest BCUT2D eigenvalue weighted by atomic mass is 9.61. The van der Waals surface area contributed by atoms with Crippen molar-refractivity contribution in [1.82, 2.24) is 9.21 Å². The van der Waals surface area contributed by atoms with Gasteiger partial charge in [-0.15, -0.1) is 0 Å². The van der Waals surface area contributed by atoms with Crippen LogP contribution in [0, 0.1) is 0 Å². The molecule has 4 aliphatic rings. The Morgan fingerprint density at radius 2 is 2.00 bits per heavy atom. The lowest BCUT2D eigenvalue weighted by Gasteiger charge is -2.45. The molecule has 2 bridgehead atoms. The molecule has 1 fully saturated rings. The van der Waals surface area contributed by atoms with Gasteiger partial charge in [0.05, 0.1) is 42.0 Å². The standard InChI is InChI=1S/C30H28N2O6S/c1-31(26(33)13-8-19-14-15-37-17-19)23-11-10-22-24-16-20-9-12-25(36-2)28-27(20)30(22,29(23)38-28)18-32(24)39(34,35)21-6-4-3-5-7-21/h3-10,12-15,17,23-24,29H,11,16,18H2,1-2H3/b13-8+/t23-,24+,29+,30-/m1/s1. The Morgan fingerprint density at radius 1 is 1.18 bits per heavy atom. The number of hydrogen-bond acceptors (Lipinski definition) is 6. The first-order valence-electron chi connectivity index (χ1n) is 13.0. The molecule has 0 saturated carbocycles. The fourth-order valence-electron chi connectivity index (χ4n) is 6.96. The van der Waals surface area contributed by atoms with Crippen molar-refractivity contribution >= 4 is 22.0 Å². The second-order valence-corrected chi connectivity index (χ2v) is 12.4. The number of benzene rings is 2. The number of hydrogen-bond donors (Lipinski definition) is 0. The predicted molar refractivity (Wildman–Crippen MR) is 144 cm³/mol. The summed E-state index contributed by atoms with van der Waals surface area (Å²) in [6, 6.07) is 13.7. The quantitative estimate of drug-likeness (QED) is 0.347. The zero-order valence-corrected chi connectivity index (χ0v) is 22.4. The van der Waals surface area contributed by atoms with Gasteiger partial charge >= 0.3 is 0 Å². The highest BCUT2D eigenvalue weighted by molar-refractivity contribution is 7.89. The van der Waals surface area contributed by atoms with Crippen LogP contribution in [0.1, 0.15) is 23.1 Å². The third kappa shape index (κ3) is 3.32. The van der Waals surface area contributed by atoms with Crippen LogP contribution >= 0.6 is 0 Å². The highest BCUT2D eigenvalue weighted by Crippen LogP contribution is 2.63. The summed E-state index contributed by atoms with van der Waals surface area (Å²) in [7, 11) is -0.385. The Labute approximate surface area is 227 Å². The van der Waals surface area contributed by atoms with Crippen molar-refractivity contribution in [2.75, 3.05) is 20.7 Å². The van der Waals surface area contributed by atoms with Gasteiger partial charge in [0.15, 0.2) is 11.5 Å². The molecule has 0 unspecified atom stereocenters. The van der Waals surface area contributed by atoms with E-state index in [9.17, 15) is 13.2 Å². The minimum Gasteiger partial charge on any atom is -0.493 e. The van der Waals surface area contributed by atoms with E-state index >= 15 is 0 Å². The van der Waals surface area contributed by atoms with Crippen LogP contribution in [0.4, 0.5) is 0 Å². The summed E-state index contributed by atoms with van der Waals surface area (Å²) < 4.78 is 47.1. The lowest BCUT2D eigenvalue weighted by Crippen LogP contribution is -2.57. The number of carbonyl (C=O) groups is 1. The van der Waals surface area contributed by atoms with Crippen LogP contribution in [-0.2, 0) is 26.7 Å². The number of carbonyl (C=O) groups excluding carboxylic acids is 1. The topological polar surface area (TPSA) is 89.3 Å². The van der Waals surface area contributed by atoms with E-state index in [-0.39, 0.29) is 29.4 Å². The third-order valence-corrected chi connectivity index (χ3v) is 10.6. The van der Waals surface area contributed by atoms with Gasteiger partial charge < -0.3 is 18.8 Å². The summed E-state index contributed by atoms with van der Waals surface area (Å²) in [5, 5.41) is 0. The first kappa shape index (κ1) is 24.2. The van der Waals surface area contributed by atoms with Crippen LogP contribution in [0.2, 0.25) is 0 Å². The van der Waals surface area contributed by atoms with E-state index in [1.54, 1.807) is 72.3 Å². The minimum atomic E-state index is -3.77. The van der Waals surface area contributed by atoms with Gasteiger partial charge in [-0.1, -0.05) is 30.3 Å². The van der Waals surface area contributed by atoms with Crippen LogP contribution in [0.25, 0.3) is 6.08 Å². The van der Waals surface area contributed by atoms with Gasteiger partial charge in [-0.25, -0.2) is 8.42 Å². The number of methoxy groups -OCH3 is 1. The molecular weight excluding hydrogens is 516 g/mol. The van der Waals surface area contributed by atoms with Gasteiger partial charge in [0.2, 0.25) is 15.9 Å². The average Bonchev–Trinajstić information content (AvgIpc) is 3.66. The predicted octanol–water partition coefficient (Wildman–Crippen LogP) is 3.79. The third-order valence-electron chi connectivity index (χ3n) is 8.73. The van der Waals surface area contributed by atoms with E-state index in [0.717, 1.165) is 22.3 Å². The van der Waals surface area contributed by atoms with Crippen molar-refractivity contribution in [3.63, 3.8) is 0 Å². The Hall–Kier alpha value is -3.82. The van der Waals surface area contributed by atoms with E-state index < -0.39 is 21.5 Å². The van der Waals surface area contributed by atoms with Crippen molar-refractivity contribution in [1.29, 1.82) is 0 Å². The summed E-state index contributed by atoms with van der Waals surface area (Å²) in [5.74, 6) is 1.11. The van der Waals surface area contributed by atoms with Gasteiger partial charge in [-0.2, -0.15) is 4.31 Å². The number of nitrogens with zero attached hydrogens (tertiary/aromatic N) is 2. The molecule has 0 N–H and O–H groups in total. The second-order valence-electron chi connectivity index (χ2n) is 10.5. The molecule has 200 valence electrons. The molecule has 39 heavy (non-hydrogen) atoms. The summed E-state index contributed by atoms with van der Waals surface area (Å²) >= 11 is 0. The van der Waals surface area contributed by atoms with E-state index in [1.165, 1.54) is 6.08 Å². The average molecular weight is 545 g/mol. The van der Waals surface area contributed by atoms with Crippen molar-refractivity contribution in [3.8, 4) is 11.5 Å². The zero-order chi connectivity index (χ0) is 26.9.